The van der Waals surface area contributed by atoms with E-state index < -0.39 is 0 Å². The van der Waals surface area contributed by atoms with Crippen molar-refractivity contribution in [1.29, 1.82) is 0 Å². The SMILES string of the molecule is COc1ccc(F)cc1C[C@@H]1CCCCC1=O. The number of ketones is 1. The van der Waals surface area contributed by atoms with Gasteiger partial charge >= 0.3 is 0 Å². The number of carbonyl (C=O) groups excluding carboxylic acids is 1. The van der Waals surface area contributed by atoms with Gasteiger partial charge in [-0.3, -0.25) is 4.79 Å². The lowest BCUT2D eigenvalue weighted by atomic mass is 9.83. The molecule has 0 bridgehead atoms. The first kappa shape index (κ1) is 12.1. The molecule has 1 aliphatic carbocycles. The van der Waals surface area contributed by atoms with Crippen LogP contribution >= 0.6 is 0 Å². The molecule has 0 N–H and O–H groups in total. The maximum atomic E-state index is 13.2. The number of hydrogen-bond acceptors (Lipinski definition) is 2. The molecule has 0 aliphatic heterocycles. The summed E-state index contributed by atoms with van der Waals surface area (Å²) in [6.45, 7) is 0. The van der Waals surface area contributed by atoms with E-state index in [1.807, 2.05) is 0 Å². The first-order chi connectivity index (χ1) is 8.20. The van der Waals surface area contributed by atoms with Gasteiger partial charge < -0.3 is 4.74 Å². The summed E-state index contributed by atoms with van der Waals surface area (Å²) in [5.41, 5.74) is 0.799. The molecule has 1 fully saturated rings. The van der Waals surface area contributed by atoms with E-state index in [9.17, 15) is 9.18 Å². The summed E-state index contributed by atoms with van der Waals surface area (Å²) in [5.74, 6) is 0.746. The van der Waals surface area contributed by atoms with Crippen molar-refractivity contribution >= 4 is 5.78 Å². The highest BCUT2D eigenvalue weighted by Crippen LogP contribution is 2.28. The molecule has 0 heterocycles. The fraction of sp³-hybridized carbons (Fsp3) is 0.500. The molecule has 1 aromatic carbocycles. The van der Waals surface area contributed by atoms with E-state index in [1.165, 1.54) is 12.1 Å². The van der Waals surface area contributed by atoms with Crippen LogP contribution in [0.15, 0.2) is 18.2 Å². The standard InChI is InChI=1S/C14H17FO2/c1-17-14-7-6-12(15)9-11(14)8-10-4-2-3-5-13(10)16/h6-7,9-10H,2-5,8H2,1H3/t10-/m0/s1. The maximum Gasteiger partial charge on any atom is 0.136 e. The van der Waals surface area contributed by atoms with Gasteiger partial charge in [0.25, 0.3) is 0 Å². The lowest BCUT2D eigenvalue weighted by Crippen LogP contribution is -2.21. The minimum atomic E-state index is -0.274. The average Bonchev–Trinajstić information content (AvgIpc) is 2.32. The van der Waals surface area contributed by atoms with Crippen LogP contribution in [0.25, 0.3) is 0 Å². The largest absolute Gasteiger partial charge is 0.496 e. The van der Waals surface area contributed by atoms with Crippen LogP contribution in [-0.4, -0.2) is 12.9 Å². The number of methoxy groups -OCH3 is 1. The van der Waals surface area contributed by atoms with Crippen LogP contribution in [0.2, 0.25) is 0 Å². The average molecular weight is 236 g/mol. The summed E-state index contributed by atoms with van der Waals surface area (Å²) in [5, 5.41) is 0. The Morgan fingerprint density at radius 2 is 2.24 bits per heavy atom. The molecular formula is C14H17FO2. The van der Waals surface area contributed by atoms with Gasteiger partial charge in [-0.1, -0.05) is 6.42 Å². The third-order valence-corrected chi connectivity index (χ3v) is 3.39. The zero-order chi connectivity index (χ0) is 12.3. The molecule has 2 rings (SSSR count). The number of rotatable bonds is 3. The Morgan fingerprint density at radius 3 is 2.94 bits per heavy atom. The molecule has 1 saturated carbocycles. The summed E-state index contributed by atoms with van der Waals surface area (Å²) >= 11 is 0. The number of carbonyl (C=O) groups is 1. The monoisotopic (exact) mass is 236 g/mol. The Bertz CT molecular complexity index is 415. The van der Waals surface area contributed by atoms with E-state index in [0.29, 0.717) is 24.4 Å². The van der Waals surface area contributed by atoms with Crippen molar-refractivity contribution in [2.45, 2.75) is 32.1 Å². The maximum absolute atomic E-state index is 13.2. The van der Waals surface area contributed by atoms with Gasteiger partial charge in [0.05, 0.1) is 7.11 Å². The van der Waals surface area contributed by atoms with Crippen molar-refractivity contribution < 1.29 is 13.9 Å². The first-order valence-corrected chi connectivity index (χ1v) is 6.06. The number of hydrogen-bond donors (Lipinski definition) is 0. The summed E-state index contributed by atoms with van der Waals surface area (Å²) in [4.78, 5) is 11.7. The molecule has 17 heavy (non-hydrogen) atoms. The Balaban J connectivity index is 2.16. The minimum Gasteiger partial charge on any atom is -0.496 e. The van der Waals surface area contributed by atoms with Gasteiger partial charge in [0.15, 0.2) is 0 Å². The Hall–Kier alpha value is -1.38. The second-order valence-corrected chi connectivity index (χ2v) is 4.57. The summed E-state index contributed by atoms with van der Waals surface area (Å²) in [6.07, 6.45) is 4.27. The van der Waals surface area contributed by atoms with Crippen molar-refractivity contribution in [3.8, 4) is 5.75 Å². The zero-order valence-corrected chi connectivity index (χ0v) is 10.0. The highest BCUT2D eigenvalue weighted by Gasteiger charge is 2.23. The van der Waals surface area contributed by atoms with Crippen LogP contribution < -0.4 is 4.74 Å². The molecule has 1 atom stereocenters. The van der Waals surface area contributed by atoms with Gasteiger partial charge in [0, 0.05) is 12.3 Å². The van der Waals surface area contributed by atoms with Crippen molar-refractivity contribution in [3.05, 3.63) is 29.6 Å². The lowest BCUT2D eigenvalue weighted by molar-refractivity contribution is -0.124. The van der Waals surface area contributed by atoms with Crippen molar-refractivity contribution in [2.24, 2.45) is 5.92 Å². The molecule has 1 aliphatic rings. The van der Waals surface area contributed by atoms with E-state index in [-0.39, 0.29) is 11.7 Å². The lowest BCUT2D eigenvalue weighted by Gasteiger charge is -2.21. The van der Waals surface area contributed by atoms with Gasteiger partial charge in [-0.15, -0.1) is 0 Å². The highest BCUT2D eigenvalue weighted by molar-refractivity contribution is 5.82. The van der Waals surface area contributed by atoms with Gasteiger partial charge in [-0.2, -0.15) is 0 Å². The van der Waals surface area contributed by atoms with Crippen LogP contribution in [0.3, 0.4) is 0 Å². The molecule has 1 aromatic rings. The molecular weight excluding hydrogens is 219 g/mol. The second kappa shape index (κ2) is 5.30. The van der Waals surface area contributed by atoms with Gasteiger partial charge in [-0.25, -0.2) is 4.39 Å². The van der Waals surface area contributed by atoms with E-state index in [2.05, 4.69) is 0 Å². The van der Waals surface area contributed by atoms with E-state index in [1.54, 1.807) is 13.2 Å². The third-order valence-electron chi connectivity index (χ3n) is 3.39. The van der Waals surface area contributed by atoms with E-state index in [0.717, 1.165) is 24.8 Å². The Labute approximate surface area is 101 Å². The van der Waals surface area contributed by atoms with Gasteiger partial charge in [-0.05, 0) is 43.0 Å². The minimum absolute atomic E-state index is 0.0412. The molecule has 2 nitrogen and oxygen atoms in total. The quantitative estimate of drug-likeness (QED) is 0.806. The fourth-order valence-electron chi connectivity index (χ4n) is 2.44. The molecule has 0 saturated heterocycles. The predicted octanol–water partition coefficient (Wildman–Crippen LogP) is 3.14. The molecule has 0 aromatic heterocycles. The molecule has 0 spiro atoms. The van der Waals surface area contributed by atoms with Gasteiger partial charge in [0.1, 0.15) is 17.3 Å². The summed E-state index contributed by atoms with van der Waals surface area (Å²) in [7, 11) is 1.57. The summed E-state index contributed by atoms with van der Waals surface area (Å²) < 4.78 is 18.4. The third kappa shape index (κ3) is 2.84. The van der Waals surface area contributed by atoms with Crippen LogP contribution in [-0.2, 0) is 11.2 Å². The first-order valence-electron chi connectivity index (χ1n) is 6.06. The molecule has 0 amide bonds. The van der Waals surface area contributed by atoms with Gasteiger partial charge in [0.2, 0.25) is 0 Å². The predicted molar refractivity (Wildman–Crippen MR) is 63.6 cm³/mol. The Kier molecular flexibility index (Phi) is 3.77. The number of ether oxygens (including phenoxy) is 1. The van der Waals surface area contributed by atoms with Crippen LogP contribution in [0.4, 0.5) is 4.39 Å². The van der Waals surface area contributed by atoms with E-state index >= 15 is 0 Å². The molecule has 92 valence electrons. The number of benzene rings is 1. The van der Waals surface area contributed by atoms with Crippen molar-refractivity contribution in [3.63, 3.8) is 0 Å². The Morgan fingerprint density at radius 1 is 1.41 bits per heavy atom. The molecule has 3 heteroatoms. The fourth-order valence-corrected chi connectivity index (χ4v) is 2.44. The van der Waals surface area contributed by atoms with Crippen molar-refractivity contribution in [1.82, 2.24) is 0 Å². The summed E-state index contributed by atoms with van der Waals surface area (Å²) in [6, 6.07) is 4.48. The normalized spacial score (nSPS) is 20.4. The van der Waals surface area contributed by atoms with E-state index in [4.69, 9.17) is 4.74 Å². The molecule has 0 unspecified atom stereocenters. The second-order valence-electron chi connectivity index (χ2n) is 4.57. The van der Waals surface area contributed by atoms with Crippen LogP contribution in [0.1, 0.15) is 31.2 Å². The van der Waals surface area contributed by atoms with Crippen molar-refractivity contribution in [2.75, 3.05) is 7.11 Å². The zero-order valence-electron chi connectivity index (χ0n) is 10.0. The topological polar surface area (TPSA) is 26.3 Å². The van der Waals surface area contributed by atoms with Crippen LogP contribution in [0, 0.1) is 11.7 Å². The number of halogens is 1. The highest BCUT2D eigenvalue weighted by atomic mass is 19.1. The van der Waals surface area contributed by atoms with Crippen LogP contribution in [0.5, 0.6) is 5.75 Å². The smallest absolute Gasteiger partial charge is 0.136 e. The molecule has 0 radical (unpaired) electrons. The number of Topliss-reactive ketones (excluding diaryl/α,β-unsaturated/α-hetero) is 1.